The summed E-state index contributed by atoms with van der Waals surface area (Å²) in [5, 5.41) is 0. The molecule has 1 spiro atoms. The van der Waals surface area contributed by atoms with Gasteiger partial charge in [-0.15, -0.1) is 0 Å². The maximum absolute atomic E-state index is 12.0. The van der Waals surface area contributed by atoms with Gasteiger partial charge in [-0.1, -0.05) is 20.8 Å². The van der Waals surface area contributed by atoms with Gasteiger partial charge in [0, 0.05) is 36.6 Å². The van der Waals surface area contributed by atoms with Crippen LogP contribution in [-0.4, -0.2) is 69.1 Å². The lowest BCUT2D eigenvalue weighted by molar-refractivity contribution is -0.538. The highest BCUT2D eigenvalue weighted by Gasteiger charge is 2.79. The maximum Gasteiger partial charge on any atom is 0.307 e. The van der Waals surface area contributed by atoms with Crippen molar-refractivity contribution < 1.29 is 14.6 Å². The van der Waals surface area contributed by atoms with Gasteiger partial charge in [-0.25, -0.2) is 10.3 Å². The number of likely N-dealkylation sites (tertiary alicyclic amines) is 1. The maximum atomic E-state index is 12.0. The fourth-order valence-corrected chi connectivity index (χ4v) is 4.87. The Morgan fingerprint density at radius 3 is 2.21 bits per heavy atom. The molecule has 0 bridgehead atoms. The Hall–Kier alpha value is -0.630. The van der Waals surface area contributed by atoms with Crippen LogP contribution in [0.25, 0.3) is 0 Å². The molecule has 33 heavy (non-hydrogen) atoms. The third-order valence-corrected chi connectivity index (χ3v) is 7.74. The van der Waals surface area contributed by atoms with Crippen molar-refractivity contribution in [2.45, 2.75) is 129 Å². The van der Waals surface area contributed by atoms with E-state index in [1.54, 1.807) is 6.92 Å². The number of amidine groups is 1. The van der Waals surface area contributed by atoms with Crippen LogP contribution in [0, 0.1) is 5.92 Å². The average Bonchev–Trinajstić information content (AvgIpc) is 2.95. The van der Waals surface area contributed by atoms with E-state index in [1.807, 2.05) is 46.4 Å². The summed E-state index contributed by atoms with van der Waals surface area (Å²) in [7, 11) is 2.22. The van der Waals surface area contributed by atoms with Crippen molar-refractivity contribution in [2.75, 3.05) is 20.1 Å². The Labute approximate surface area is 209 Å². The van der Waals surface area contributed by atoms with Gasteiger partial charge in [-0.05, 0) is 81.3 Å². The molecule has 3 unspecified atom stereocenters. The van der Waals surface area contributed by atoms with E-state index in [0.29, 0.717) is 12.0 Å². The Morgan fingerprint density at radius 2 is 1.76 bits per heavy atom. The molecule has 2 saturated heterocycles. The second-order valence-corrected chi connectivity index (χ2v) is 12.7. The van der Waals surface area contributed by atoms with E-state index in [-0.39, 0.29) is 27.3 Å². The van der Waals surface area contributed by atoms with Crippen LogP contribution in [0.2, 0.25) is 0 Å². The Kier molecular flexibility index (Phi) is 10.5. The zero-order chi connectivity index (χ0) is 25.8. The first-order valence-corrected chi connectivity index (χ1v) is 13.3. The molecule has 2 aliphatic heterocycles. The number of rotatable bonds is 5. The van der Waals surface area contributed by atoms with E-state index in [9.17, 15) is 4.79 Å². The summed E-state index contributed by atoms with van der Waals surface area (Å²) < 4.78 is -0.145. The molecule has 3 aliphatic rings. The van der Waals surface area contributed by atoms with E-state index in [2.05, 4.69) is 62.7 Å². The van der Waals surface area contributed by atoms with Gasteiger partial charge < -0.3 is 4.90 Å². The van der Waals surface area contributed by atoms with Crippen molar-refractivity contribution in [2.24, 2.45) is 5.92 Å². The van der Waals surface area contributed by atoms with Crippen LogP contribution >= 0.6 is 12.6 Å². The first-order valence-electron chi connectivity index (χ1n) is 12.9. The third-order valence-electron chi connectivity index (χ3n) is 7.20. The van der Waals surface area contributed by atoms with Crippen molar-refractivity contribution in [3.05, 3.63) is 0 Å². The van der Waals surface area contributed by atoms with Crippen molar-refractivity contribution in [1.29, 1.82) is 0 Å². The Balaban J connectivity index is 0.000000339. The monoisotopic (exact) mass is 485 g/mol. The van der Waals surface area contributed by atoms with E-state index in [1.165, 1.54) is 25.2 Å². The third kappa shape index (κ3) is 6.96. The van der Waals surface area contributed by atoms with Gasteiger partial charge in [0.1, 0.15) is 0 Å². The number of nitrogens with zero attached hydrogens (tertiary/aromatic N) is 2. The summed E-state index contributed by atoms with van der Waals surface area (Å²) in [6.07, 6.45) is 4.65. The molecule has 0 aromatic carbocycles. The van der Waals surface area contributed by atoms with Crippen molar-refractivity contribution in [1.82, 2.24) is 15.3 Å². The molecule has 6 nitrogen and oxygen atoms in total. The highest BCUT2D eigenvalue weighted by Crippen LogP contribution is 2.55. The van der Waals surface area contributed by atoms with Gasteiger partial charge in [-0.3, -0.25) is 9.83 Å². The first kappa shape index (κ1) is 30.4. The predicted molar refractivity (Wildman–Crippen MR) is 143 cm³/mol. The predicted octanol–water partition coefficient (Wildman–Crippen LogP) is 3.41. The number of fused-ring (bicyclic) bond motifs is 2. The highest BCUT2D eigenvalue weighted by molar-refractivity contribution is 7.81. The summed E-state index contributed by atoms with van der Waals surface area (Å²) >= 11 is 4.47. The summed E-state index contributed by atoms with van der Waals surface area (Å²) in [6, 6.07) is 0.668. The van der Waals surface area contributed by atoms with Crippen molar-refractivity contribution in [3.8, 4) is 0 Å². The molecule has 3 atom stereocenters. The minimum atomic E-state index is -0.259. The van der Waals surface area contributed by atoms with Crippen LogP contribution in [0.4, 0.5) is 0 Å². The zero-order valence-electron chi connectivity index (χ0n) is 23.6. The quantitative estimate of drug-likeness (QED) is 0.242. The molecule has 3 fully saturated rings. The molecule has 7 heteroatoms. The number of hydroxylamine groups is 1. The molecule has 0 aromatic rings. The number of amides is 1. The summed E-state index contributed by atoms with van der Waals surface area (Å²) in [5.41, 5.74) is 2.73. The molecule has 2 heterocycles. The van der Waals surface area contributed by atoms with Crippen LogP contribution in [0.15, 0.2) is 0 Å². The lowest BCUT2D eigenvalue weighted by atomic mass is 9.92. The van der Waals surface area contributed by atoms with Gasteiger partial charge in [0.15, 0.2) is 0 Å². The standard InChI is InChI=1S/C15H25N3O.C9H21NOS.C2H6/c1-10(19)18-13(16-14(2,3)4)15(18)8-6-12-11(15)7-9-17(12)5;1-6-7-10-11-8(2,3)9(4,5)12;1-2/h11-12H,6-9H2,1-5H3;10,12H,6-7H2,1-5H3;1-2H3/p+1. The SMILES string of the molecule is CC.CC(=O)N1C(=[NH+]C(C)(C)C)C12CCC1C2CCN1C.CCCNOC(C)(C)C(C)(C)S. The zero-order valence-corrected chi connectivity index (χ0v) is 24.4. The fourth-order valence-electron chi connectivity index (χ4n) is 4.82. The number of hydrogen-bond donors (Lipinski definition) is 3. The smallest absolute Gasteiger partial charge is 0.303 e. The molecule has 3 rings (SSSR count). The molecular weight excluding hydrogens is 432 g/mol. The number of thiol groups is 1. The lowest BCUT2D eigenvalue weighted by Gasteiger charge is -2.36. The van der Waals surface area contributed by atoms with Crippen LogP contribution in [-0.2, 0) is 9.63 Å². The molecule has 1 saturated carbocycles. The van der Waals surface area contributed by atoms with Crippen molar-refractivity contribution >= 4 is 24.4 Å². The van der Waals surface area contributed by atoms with E-state index in [4.69, 9.17) is 4.84 Å². The van der Waals surface area contributed by atoms with Crippen LogP contribution in [0.5, 0.6) is 0 Å². The average molecular weight is 486 g/mol. The topological polar surface area (TPSA) is 58.5 Å². The summed E-state index contributed by atoms with van der Waals surface area (Å²) in [6.45, 7) is 24.5. The largest absolute Gasteiger partial charge is 0.307 e. The van der Waals surface area contributed by atoms with Crippen LogP contribution in [0.3, 0.4) is 0 Å². The van der Waals surface area contributed by atoms with Crippen LogP contribution in [0.1, 0.15) is 102 Å². The normalized spacial score (nSPS) is 28.3. The summed E-state index contributed by atoms with van der Waals surface area (Å²) in [5.74, 6) is 2.02. The molecule has 194 valence electrons. The summed E-state index contributed by atoms with van der Waals surface area (Å²) in [4.78, 5) is 25.6. The number of hydrogen-bond acceptors (Lipinski definition) is 5. The van der Waals surface area contributed by atoms with E-state index in [0.717, 1.165) is 19.4 Å². The van der Waals surface area contributed by atoms with Gasteiger partial charge in [-0.2, -0.15) is 17.5 Å². The van der Waals surface area contributed by atoms with Gasteiger partial charge in [0.25, 0.3) is 0 Å². The molecule has 1 amide bonds. The second kappa shape index (κ2) is 11.4. The molecular formula is C26H53N4O2S+. The van der Waals surface area contributed by atoms with Gasteiger partial charge >= 0.3 is 11.7 Å². The molecule has 2 N–H and O–H groups in total. The van der Waals surface area contributed by atoms with Gasteiger partial charge in [0.2, 0.25) is 5.54 Å². The number of carbonyl (C=O) groups excluding carboxylic acids is 1. The molecule has 1 aliphatic carbocycles. The molecule has 0 aromatic heterocycles. The number of carbonyl (C=O) groups is 1. The lowest BCUT2D eigenvalue weighted by Crippen LogP contribution is -2.83. The van der Waals surface area contributed by atoms with Crippen molar-refractivity contribution in [3.63, 3.8) is 0 Å². The highest BCUT2D eigenvalue weighted by atomic mass is 32.1. The Morgan fingerprint density at radius 1 is 1.18 bits per heavy atom. The Bertz CT molecular complexity index is 681. The minimum absolute atomic E-state index is 0.0229. The van der Waals surface area contributed by atoms with Gasteiger partial charge in [0.05, 0.1) is 11.1 Å². The van der Waals surface area contributed by atoms with E-state index >= 15 is 0 Å². The minimum Gasteiger partial charge on any atom is -0.303 e. The van der Waals surface area contributed by atoms with E-state index < -0.39 is 0 Å². The molecule has 0 radical (unpaired) electrons. The van der Waals surface area contributed by atoms with Crippen LogP contribution < -0.4 is 10.5 Å². The fraction of sp³-hybridized carbons (Fsp3) is 0.923. The second-order valence-electron chi connectivity index (χ2n) is 11.5. The number of nitrogens with one attached hydrogen (secondary N) is 2. The first-order chi connectivity index (χ1) is 15.1.